The molecule has 1 heterocycles. The Kier molecular flexibility index (Phi) is 5.18. The number of pyridine rings is 1. The summed E-state index contributed by atoms with van der Waals surface area (Å²) in [5.41, 5.74) is 8.92. The van der Waals surface area contributed by atoms with E-state index in [4.69, 9.17) is 10.5 Å². The van der Waals surface area contributed by atoms with Crippen LogP contribution in [-0.4, -0.2) is 25.2 Å². The molecule has 108 valence electrons. The summed E-state index contributed by atoms with van der Waals surface area (Å²) in [6, 6.07) is 6.07. The fourth-order valence-electron chi connectivity index (χ4n) is 2.29. The van der Waals surface area contributed by atoms with Gasteiger partial charge in [0.15, 0.2) is 0 Å². The van der Waals surface area contributed by atoms with Crippen molar-refractivity contribution in [2.45, 2.75) is 26.2 Å². The van der Waals surface area contributed by atoms with Crippen molar-refractivity contribution in [2.24, 2.45) is 0 Å². The average molecular weight is 273 g/mol. The van der Waals surface area contributed by atoms with Crippen LogP contribution >= 0.6 is 0 Å². The lowest BCUT2D eigenvalue weighted by molar-refractivity contribution is 0.192. The molecule has 0 saturated heterocycles. The number of fused-ring (bicyclic) bond motifs is 1. The van der Waals surface area contributed by atoms with Gasteiger partial charge in [-0.15, -0.1) is 0 Å². The summed E-state index contributed by atoms with van der Waals surface area (Å²) in [6.45, 7) is 3.80. The molecule has 20 heavy (non-hydrogen) atoms. The Bertz CT molecular complexity index is 569. The number of ether oxygens (including phenoxy) is 1. The quantitative estimate of drug-likeness (QED) is 0.600. The number of rotatable bonds is 7. The zero-order valence-electron chi connectivity index (χ0n) is 12.3. The number of nitrogens with zero attached hydrogens (tertiary/aromatic N) is 1. The Morgan fingerprint density at radius 1 is 1.20 bits per heavy atom. The van der Waals surface area contributed by atoms with Gasteiger partial charge in [-0.2, -0.15) is 0 Å². The molecule has 0 saturated carbocycles. The van der Waals surface area contributed by atoms with Gasteiger partial charge in [-0.05, 0) is 44.4 Å². The summed E-state index contributed by atoms with van der Waals surface area (Å²) in [6.07, 6.45) is 5.28. The van der Waals surface area contributed by atoms with Crippen molar-refractivity contribution < 1.29 is 4.74 Å². The highest BCUT2D eigenvalue weighted by Gasteiger charge is 2.04. The van der Waals surface area contributed by atoms with Crippen molar-refractivity contribution in [3.63, 3.8) is 0 Å². The number of aryl methyl sites for hydroxylation is 1. The number of hydrogen-bond donors (Lipinski definition) is 2. The van der Waals surface area contributed by atoms with Crippen LogP contribution < -0.4 is 11.1 Å². The number of aromatic nitrogens is 1. The van der Waals surface area contributed by atoms with Gasteiger partial charge in [0.05, 0.1) is 0 Å². The molecule has 0 aliphatic carbocycles. The van der Waals surface area contributed by atoms with Crippen LogP contribution in [0.3, 0.4) is 0 Å². The Hall–Kier alpha value is -1.81. The van der Waals surface area contributed by atoms with Gasteiger partial charge >= 0.3 is 0 Å². The monoisotopic (exact) mass is 273 g/mol. The minimum atomic E-state index is 0.776. The lowest BCUT2D eigenvalue weighted by Gasteiger charge is -2.11. The van der Waals surface area contributed by atoms with Crippen molar-refractivity contribution in [2.75, 3.05) is 31.3 Å². The molecule has 4 nitrogen and oxygen atoms in total. The molecular weight excluding hydrogens is 250 g/mol. The van der Waals surface area contributed by atoms with E-state index in [1.165, 1.54) is 6.42 Å². The van der Waals surface area contributed by atoms with E-state index in [2.05, 4.69) is 16.4 Å². The predicted molar refractivity (Wildman–Crippen MR) is 85.1 cm³/mol. The van der Waals surface area contributed by atoms with Crippen LogP contribution in [0.15, 0.2) is 24.4 Å². The molecular formula is C16H23N3O. The average Bonchev–Trinajstić information content (AvgIpc) is 2.45. The summed E-state index contributed by atoms with van der Waals surface area (Å²) < 4.78 is 5.05. The third-order valence-corrected chi connectivity index (χ3v) is 3.41. The summed E-state index contributed by atoms with van der Waals surface area (Å²) in [4.78, 5) is 4.32. The molecule has 4 heteroatoms. The first-order valence-corrected chi connectivity index (χ1v) is 7.10. The van der Waals surface area contributed by atoms with Crippen LogP contribution in [0.2, 0.25) is 0 Å². The molecule has 2 rings (SSSR count). The molecule has 0 fully saturated rings. The first-order valence-electron chi connectivity index (χ1n) is 7.10. The molecule has 1 aromatic carbocycles. The van der Waals surface area contributed by atoms with E-state index in [0.717, 1.165) is 53.8 Å². The van der Waals surface area contributed by atoms with E-state index < -0.39 is 0 Å². The number of methoxy groups -OCH3 is 1. The van der Waals surface area contributed by atoms with Crippen molar-refractivity contribution >= 4 is 22.1 Å². The molecule has 0 amide bonds. The third kappa shape index (κ3) is 3.61. The van der Waals surface area contributed by atoms with Crippen LogP contribution in [-0.2, 0) is 4.74 Å². The predicted octanol–water partition coefficient (Wildman–Crippen LogP) is 3.35. The van der Waals surface area contributed by atoms with Gasteiger partial charge in [0, 0.05) is 54.3 Å². The van der Waals surface area contributed by atoms with E-state index >= 15 is 0 Å². The highest BCUT2D eigenvalue weighted by molar-refractivity contribution is 6.00. The van der Waals surface area contributed by atoms with Gasteiger partial charge in [0.1, 0.15) is 0 Å². The van der Waals surface area contributed by atoms with E-state index in [9.17, 15) is 0 Å². The Morgan fingerprint density at radius 2 is 2.05 bits per heavy atom. The van der Waals surface area contributed by atoms with Crippen molar-refractivity contribution in [3.8, 4) is 0 Å². The Balaban J connectivity index is 2.03. The van der Waals surface area contributed by atoms with Crippen LogP contribution in [0.1, 0.15) is 25.0 Å². The fraction of sp³-hybridized carbons (Fsp3) is 0.438. The van der Waals surface area contributed by atoms with E-state index in [0.29, 0.717) is 0 Å². The SMILES string of the molecule is COCCCCCNc1ccc(N)c2cnc(C)cc12. The van der Waals surface area contributed by atoms with Gasteiger partial charge in [0.25, 0.3) is 0 Å². The molecule has 2 aromatic rings. The molecule has 0 bridgehead atoms. The number of nitrogen functional groups attached to an aromatic ring is 1. The molecule has 0 unspecified atom stereocenters. The topological polar surface area (TPSA) is 60.2 Å². The number of unbranched alkanes of at least 4 members (excludes halogenated alkanes) is 2. The number of nitrogens with one attached hydrogen (secondary N) is 1. The number of nitrogens with two attached hydrogens (primary N) is 1. The van der Waals surface area contributed by atoms with Crippen LogP contribution in [0, 0.1) is 6.92 Å². The van der Waals surface area contributed by atoms with Gasteiger partial charge in [-0.3, -0.25) is 4.98 Å². The van der Waals surface area contributed by atoms with Crippen LogP contribution in [0.5, 0.6) is 0 Å². The molecule has 1 aromatic heterocycles. The molecule has 0 radical (unpaired) electrons. The highest BCUT2D eigenvalue weighted by Crippen LogP contribution is 2.28. The Labute approximate surface area is 120 Å². The van der Waals surface area contributed by atoms with Crippen molar-refractivity contribution in [1.29, 1.82) is 0 Å². The van der Waals surface area contributed by atoms with Gasteiger partial charge < -0.3 is 15.8 Å². The van der Waals surface area contributed by atoms with Crippen LogP contribution in [0.4, 0.5) is 11.4 Å². The summed E-state index contributed by atoms with van der Waals surface area (Å²) in [5, 5.41) is 5.66. The lowest BCUT2D eigenvalue weighted by Crippen LogP contribution is -2.03. The molecule has 0 spiro atoms. The first-order chi connectivity index (χ1) is 9.72. The number of hydrogen-bond acceptors (Lipinski definition) is 4. The van der Waals surface area contributed by atoms with E-state index in [-0.39, 0.29) is 0 Å². The lowest BCUT2D eigenvalue weighted by atomic mass is 10.1. The highest BCUT2D eigenvalue weighted by atomic mass is 16.5. The standard InChI is InChI=1S/C16H23N3O/c1-12-10-13-14(11-19-12)15(17)6-7-16(13)18-8-4-3-5-9-20-2/h6-7,10-11,18H,3-5,8-9,17H2,1-2H3. The second-order valence-corrected chi connectivity index (χ2v) is 5.05. The normalized spacial score (nSPS) is 10.9. The largest absolute Gasteiger partial charge is 0.398 e. The second-order valence-electron chi connectivity index (χ2n) is 5.05. The van der Waals surface area contributed by atoms with Crippen molar-refractivity contribution in [1.82, 2.24) is 4.98 Å². The number of benzene rings is 1. The summed E-state index contributed by atoms with van der Waals surface area (Å²) in [5.74, 6) is 0. The number of anilines is 2. The van der Waals surface area contributed by atoms with E-state index in [1.807, 2.05) is 25.3 Å². The smallest absolute Gasteiger partial charge is 0.0462 e. The van der Waals surface area contributed by atoms with Crippen molar-refractivity contribution in [3.05, 3.63) is 30.1 Å². The third-order valence-electron chi connectivity index (χ3n) is 3.41. The second kappa shape index (κ2) is 7.10. The fourth-order valence-corrected chi connectivity index (χ4v) is 2.29. The summed E-state index contributed by atoms with van der Waals surface area (Å²) in [7, 11) is 1.75. The van der Waals surface area contributed by atoms with Crippen LogP contribution in [0.25, 0.3) is 10.8 Å². The zero-order valence-corrected chi connectivity index (χ0v) is 12.3. The first kappa shape index (κ1) is 14.6. The maximum absolute atomic E-state index is 6.00. The Morgan fingerprint density at radius 3 is 2.85 bits per heavy atom. The minimum absolute atomic E-state index is 0.776. The van der Waals surface area contributed by atoms with Gasteiger partial charge in [0.2, 0.25) is 0 Å². The molecule has 0 atom stereocenters. The molecule has 0 aliphatic heterocycles. The summed E-state index contributed by atoms with van der Waals surface area (Å²) >= 11 is 0. The van der Waals surface area contributed by atoms with Gasteiger partial charge in [-0.25, -0.2) is 0 Å². The zero-order chi connectivity index (χ0) is 14.4. The molecule has 3 N–H and O–H groups in total. The maximum atomic E-state index is 6.00. The van der Waals surface area contributed by atoms with Gasteiger partial charge in [-0.1, -0.05) is 0 Å². The maximum Gasteiger partial charge on any atom is 0.0462 e. The molecule has 0 aliphatic rings. The minimum Gasteiger partial charge on any atom is -0.398 e. The van der Waals surface area contributed by atoms with E-state index in [1.54, 1.807) is 7.11 Å².